The largest absolute Gasteiger partial charge is 0.407 e. The van der Waals surface area contributed by atoms with Gasteiger partial charge in [0.2, 0.25) is 5.91 Å². The number of carbonyl (C=O) groups is 1. The van der Waals surface area contributed by atoms with Gasteiger partial charge in [-0.25, -0.2) is 8.42 Å². The van der Waals surface area contributed by atoms with Gasteiger partial charge in [-0.1, -0.05) is 49.7 Å². The first-order valence-electron chi connectivity index (χ1n) is 9.85. The van der Waals surface area contributed by atoms with Crippen molar-refractivity contribution < 1.29 is 26.4 Å². The van der Waals surface area contributed by atoms with Gasteiger partial charge < -0.3 is 5.32 Å². The van der Waals surface area contributed by atoms with E-state index in [2.05, 4.69) is 10.6 Å². The Morgan fingerprint density at radius 1 is 1.12 bits per heavy atom. The van der Waals surface area contributed by atoms with E-state index in [4.69, 9.17) is 5.26 Å². The van der Waals surface area contributed by atoms with E-state index < -0.39 is 34.0 Å². The molecule has 0 aromatic heterocycles. The highest BCUT2D eigenvalue weighted by atomic mass is 32.2. The molecule has 0 aliphatic heterocycles. The fourth-order valence-electron chi connectivity index (χ4n) is 3.28. The van der Waals surface area contributed by atoms with E-state index in [0.717, 1.165) is 6.26 Å². The molecule has 2 aromatic carbocycles. The Morgan fingerprint density at radius 2 is 1.75 bits per heavy atom. The van der Waals surface area contributed by atoms with Crippen LogP contribution < -0.4 is 10.6 Å². The number of hydrogen-bond acceptors (Lipinski definition) is 5. The Labute approximate surface area is 185 Å². The SMILES string of the molecule is CCC[C@H](N[C@@H](c1ccccc1-c1ccc(S(C)(=O)=O)cc1)C(F)(F)F)C(=O)NCC#N. The summed E-state index contributed by atoms with van der Waals surface area (Å²) in [5.41, 5.74) is 0.571. The molecule has 0 spiro atoms. The lowest BCUT2D eigenvalue weighted by Crippen LogP contribution is -2.49. The van der Waals surface area contributed by atoms with Crippen molar-refractivity contribution in [3.63, 3.8) is 0 Å². The van der Waals surface area contributed by atoms with Crippen LogP contribution >= 0.6 is 0 Å². The lowest BCUT2D eigenvalue weighted by atomic mass is 9.93. The van der Waals surface area contributed by atoms with Crippen LogP contribution in [0, 0.1) is 11.3 Å². The fraction of sp³-hybridized carbons (Fsp3) is 0.364. The molecular weight excluding hydrogens is 443 g/mol. The highest BCUT2D eigenvalue weighted by molar-refractivity contribution is 7.90. The van der Waals surface area contributed by atoms with Crippen molar-refractivity contribution in [1.29, 1.82) is 5.26 Å². The molecule has 0 unspecified atom stereocenters. The predicted octanol–water partition coefficient (Wildman–Crippen LogP) is 3.76. The molecule has 0 radical (unpaired) electrons. The summed E-state index contributed by atoms with van der Waals surface area (Å²) in [5.74, 6) is -0.683. The summed E-state index contributed by atoms with van der Waals surface area (Å²) in [4.78, 5) is 12.4. The van der Waals surface area contributed by atoms with E-state index in [1.807, 2.05) is 0 Å². The van der Waals surface area contributed by atoms with Crippen molar-refractivity contribution in [2.45, 2.75) is 42.9 Å². The zero-order chi connectivity index (χ0) is 23.9. The Kier molecular flexibility index (Phi) is 8.41. The van der Waals surface area contributed by atoms with Crippen molar-refractivity contribution in [2.24, 2.45) is 0 Å². The maximum absolute atomic E-state index is 14.1. The quantitative estimate of drug-likeness (QED) is 0.547. The van der Waals surface area contributed by atoms with Crippen LogP contribution in [0.5, 0.6) is 0 Å². The number of benzene rings is 2. The second-order valence-corrected chi connectivity index (χ2v) is 9.26. The molecule has 0 aliphatic rings. The van der Waals surface area contributed by atoms with Crippen LogP contribution in [0.2, 0.25) is 0 Å². The summed E-state index contributed by atoms with van der Waals surface area (Å²) in [5, 5.41) is 13.4. The molecule has 2 aromatic rings. The topological polar surface area (TPSA) is 99.1 Å². The third-order valence-corrected chi connectivity index (χ3v) is 5.92. The first kappa shape index (κ1) is 25.4. The number of nitriles is 1. The van der Waals surface area contributed by atoms with E-state index in [1.54, 1.807) is 19.1 Å². The van der Waals surface area contributed by atoms with Gasteiger partial charge in [0.05, 0.1) is 17.0 Å². The number of hydrogen-bond donors (Lipinski definition) is 2. The molecule has 0 saturated carbocycles. The number of carbonyl (C=O) groups excluding carboxylic acids is 1. The molecule has 2 rings (SSSR count). The van der Waals surface area contributed by atoms with Crippen LogP contribution in [-0.2, 0) is 14.6 Å². The number of halogens is 3. The minimum atomic E-state index is -4.72. The fourth-order valence-corrected chi connectivity index (χ4v) is 3.91. The zero-order valence-corrected chi connectivity index (χ0v) is 18.4. The van der Waals surface area contributed by atoms with Crippen molar-refractivity contribution >= 4 is 15.7 Å². The molecule has 6 nitrogen and oxygen atoms in total. The Balaban J connectivity index is 2.49. The van der Waals surface area contributed by atoms with Gasteiger partial charge in [-0.2, -0.15) is 18.4 Å². The minimum absolute atomic E-state index is 0.0569. The number of amides is 1. The molecule has 2 atom stereocenters. The Bertz CT molecular complexity index is 1080. The van der Waals surface area contributed by atoms with Crippen LogP contribution in [0.25, 0.3) is 11.1 Å². The molecule has 0 heterocycles. The maximum atomic E-state index is 14.1. The van der Waals surface area contributed by atoms with Crippen molar-refractivity contribution in [2.75, 3.05) is 12.8 Å². The zero-order valence-electron chi connectivity index (χ0n) is 17.6. The van der Waals surface area contributed by atoms with Gasteiger partial charge >= 0.3 is 6.18 Å². The summed E-state index contributed by atoms with van der Waals surface area (Å²) in [7, 11) is -3.45. The van der Waals surface area contributed by atoms with E-state index in [9.17, 15) is 26.4 Å². The van der Waals surface area contributed by atoms with Crippen LogP contribution in [0.4, 0.5) is 13.2 Å². The van der Waals surface area contributed by atoms with Crippen LogP contribution in [0.3, 0.4) is 0 Å². The Morgan fingerprint density at radius 3 is 2.28 bits per heavy atom. The summed E-state index contributed by atoms with van der Waals surface area (Å²) >= 11 is 0. The van der Waals surface area contributed by atoms with Gasteiger partial charge in [0.15, 0.2) is 9.84 Å². The maximum Gasteiger partial charge on any atom is 0.407 e. The molecule has 1 amide bonds. The van der Waals surface area contributed by atoms with Gasteiger partial charge in [-0.05, 0) is 35.2 Å². The summed E-state index contributed by atoms with van der Waals surface area (Å²) in [6.45, 7) is 1.44. The third kappa shape index (κ3) is 6.55. The molecule has 0 saturated heterocycles. The van der Waals surface area contributed by atoms with Crippen molar-refractivity contribution in [3.05, 3.63) is 54.1 Å². The van der Waals surface area contributed by atoms with E-state index in [1.165, 1.54) is 42.5 Å². The average Bonchev–Trinajstić information content (AvgIpc) is 2.73. The number of nitrogens with one attached hydrogen (secondary N) is 2. The highest BCUT2D eigenvalue weighted by Gasteiger charge is 2.43. The number of rotatable bonds is 9. The van der Waals surface area contributed by atoms with Crippen molar-refractivity contribution in [3.8, 4) is 17.2 Å². The monoisotopic (exact) mass is 467 g/mol. The smallest absolute Gasteiger partial charge is 0.342 e. The number of sulfone groups is 1. The van der Waals surface area contributed by atoms with Gasteiger partial charge in [0.1, 0.15) is 12.6 Å². The highest BCUT2D eigenvalue weighted by Crippen LogP contribution is 2.38. The average molecular weight is 468 g/mol. The third-order valence-electron chi connectivity index (χ3n) is 4.80. The molecule has 32 heavy (non-hydrogen) atoms. The lowest BCUT2D eigenvalue weighted by molar-refractivity contribution is -0.160. The van der Waals surface area contributed by atoms with Crippen molar-refractivity contribution in [1.82, 2.24) is 10.6 Å². The summed E-state index contributed by atoms with van der Waals surface area (Å²) < 4.78 is 65.7. The molecule has 0 aliphatic carbocycles. The van der Waals surface area contributed by atoms with Crippen LogP contribution in [-0.4, -0.2) is 39.3 Å². The molecule has 10 heteroatoms. The van der Waals surface area contributed by atoms with Gasteiger partial charge in [-0.15, -0.1) is 0 Å². The van der Waals surface area contributed by atoms with E-state index in [-0.39, 0.29) is 29.0 Å². The number of alkyl halides is 3. The van der Waals surface area contributed by atoms with Crippen LogP contribution in [0.15, 0.2) is 53.4 Å². The van der Waals surface area contributed by atoms with Gasteiger partial charge in [0.25, 0.3) is 0 Å². The standard InChI is InChI=1S/C22H24F3N3O3S/c1-3-6-19(21(29)27-14-13-26)28-20(22(23,24)25)18-8-5-4-7-17(18)15-9-11-16(12-10-15)32(2,30)31/h4-5,7-12,19-20,28H,3,6,14H2,1-2H3,(H,27,29)/t19-,20-/m0/s1. The predicted molar refractivity (Wildman–Crippen MR) is 114 cm³/mol. The van der Waals surface area contributed by atoms with Gasteiger partial charge in [0, 0.05) is 6.26 Å². The normalized spacial score (nSPS) is 13.8. The second-order valence-electron chi connectivity index (χ2n) is 7.24. The molecule has 0 fully saturated rings. The summed E-state index contributed by atoms with van der Waals surface area (Å²) in [6, 6.07) is 9.89. The van der Waals surface area contributed by atoms with Crippen LogP contribution in [0.1, 0.15) is 31.4 Å². The van der Waals surface area contributed by atoms with E-state index in [0.29, 0.717) is 12.0 Å². The first-order chi connectivity index (χ1) is 15.0. The first-order valence-corrected chi connectivity index (χ1v) is 11.7. The lowest BCUT2D eigenvalue weighted by Gasteiger charge is -2.28. The number of nitrogens with zero attached hydrogens (tertiary/aromatic N) is 1. The van der Waals surface area contributed by atoms with E-state index >= 15 is 0 Å². The van der Waals surface area contributed by atoms with Gasteiger partial charge in [-0.3, -0.25) is 10.1 Å². The minimum Gasteiger partial charge on any atom is -0.342 e. The Hall–Kier alpha value is -2.90. The molecule has 2 N–H and O–H groups in total. The molecular formula is C22H24F3N3O3S. The molecule has 0 bridgehead atoms. The second kappa shape index (κ2) is 10.6. The molecule has 172 valence electrons. The summed E-state index contributed by atoms with van der Waals surface area (Å²) in [6.07, 6.45) is -3.07.